The average molecular weight is 173 g/mol. The average Bonchev–Trinajstić information content (AvgIpc) is 2.53. The molecular weight excluding hydrogens is 162 g/mol. The first-order valence-corrected chi connectivity index (χ1v) is 4.22. The SMILES string of the molecule is Cc1cc(C)cc(-c2cocn2)c1. The minimum absolute atomic E-state index is 0.895. The maximum Gasteiger partial charge on any atom is 0.181 e. The second-order valence-corrected chi connectivity index (χ2v) is 3.25. The molecule has 2 nitrogen and oxygen atoms in total. The van der Waals surface area contributed by atoms with Crippen molar-refractivity contribution in [2.24, 2.45) is 0 Å². The van der Waals surface area contributed by atoms with Gasteiger partial charge in [0.15, 0.2) is 6.39 Å². The monoisotopic (exact) mass is 173 g/mol. The molecule has 13 heavy (non-hydrogen) atoms. The van der Waals surface area contributed by atoms with E-state index >= 15 is 0 Å². The predicted octanol–water partition coefficient (Wildman–Crippen LogP) is 2.96. The van der Waals surface area contributed by atoms with Crippen LogP contribution in [0.4, 0.5) is 0 Å². The molecule has 0 amide bonds. The van der Waals surface area contributed by atoms with Crippen LogP contribution in [0, 0.1) is 13.8 Å². The Balaban J connectivity index is 2.53. The highest BCUT2D eigenvalue weighted by Crippen LogP contribution is 2.19. The summed E-state index contributed by atoms with van der Waals surface area (Å²) < 4.78 is 4.94. The van der Waals surface area contributed by atoms with Gasteiger partial charge in [-0.3, -0.25) is 0 Å². The van der Waals surface area contributed by atoms with Gasteiger partial charge in [-0.05, 0) is 26.0 Å². The minimum Gasteiger partial charge on any atom is -0.451 e. The number of benzene rings is 1. The molecular formula is C11H11NO. The number of aromatic nitrogens is 1. The van der Waals surface area contributed by atoms with E-state index in [0.29, 0.717) is 0 Å². The van der Waals surface area contributed by atoms with Crippen LogP contribution >= 0.6 is 0 Å². The molecule has 0 radical (unpaired) electrons. The van der Waals surface area contributed by atoms with Crippen LogP contribution in [-0.4, -0.2) is 4.98 Å². The number of hydrogen-bond donors (Lipinski definition) is 0. The zero-order chi connectivity index (χ0) is 9.26. The van der Waals surface area contributed by atoms with Crippen LogP contribution in [0.25, 0.3) is 11.3 Å². The lowest BCUT2D eigenvalue weighted by molar-refractivity contribution is 0.558. The maximum absolute atomic E-state index is 4.94. The Hall–Kier alpha value is -1.57. The van der Waals surface area contributed by atoms with Crippen molar-refractivity contribution in [3.05, 3.63) is 42.0 Å². The molecule has 0 aliphatic heterocycles. The fourth-order valence-corrected chi connectivity index (χ4v) is 1.48. The number of aryl methyl sites for hydroxylation is 2. The van der Waals surface area contributed by atoms with Crippen LogP contribution in [0.15, 0.2) is 35.3 Å². The predicted molar refractivity (Wildman–Crippen MR) is 51.4 cm³/mol. The summed E-state index contributed by atoms with van der Waals surface area (Å²) >= 11 is 0. The van der Waals surface area contributed by atoms with Crippen molar-refractivity contribution >= 4 is 0 Å². The van der Waals surface area contributed by atoms with Gasteiger partial charge < -0.3 is 4.42 Å². The van der Waals surface area contributed by atoms with Gasteiger partial charge in [0, 0.05) is 5.56 Å². The number of rotatable bonds is 1. The molecule has 0 spiro atoms. The summed E-state index contributed by atoms with van der Waals surface area (Å²) in [5, 5.41) is 0. The molecule has 66 valence electrons. The molecule has 2 heteroatoms. The van der Waals surface area contributed by atoms with Gasteiger partial charge in [0.05, 0.1) is 0 Å². The summed E-state index contributed by atoms with van der Waals surface area (Å²) in [6.07, 6.45) is 3.11. The van der Waals surface area contributed by atoms with E-state index < -0.39 is 0 Å². The van der Waals surface area contributed by atoms with E-state index in [1.807, 2.05) is 0 Å². The van der Waals surface area contributed by atoms with Gasteiger partial charge in [0.2, 0.25) is 0 Å². The molecule has 0 saturated heterocycles. The van der Waals surface area contributed by atoms with Gasteiger partial charge in [-0.15, -0.1) is 0 Å². The second kappa shape index (κ2) is 3.05. The van der Waals surface area contributed by atoms with Crippen LogP contribution in [0.5, 0.6) is 0 Å². The number of oxazole rings is 1. The van der Waals surface area contributed by atoms with Crippen molar-refractivity contribution in [1.29, 1.82) is 0 Å². The van der Waals surface area contributed by atoms with Gasteiger partial charge in [0.1, 0.15) is 12.0 Å². The second-order valence-electron chi connectivity index (χ2n) is 3.25. The van der Waals surface area contributed by atoms with Crippen LogP contribution in [0.1, 0.15) is 11.1 Å². The lowest BCUT2D eigenvalue weighted by Crippen LogP contribution is -1.81. The molecule has 0 aliphatic carbocycles. The first kappa shape index (κ1) is 8.05. The third-order valence-electron chi connectivity index (χ3n) is 1.95. The summed E-state index contributed by atoms with van der Waals surface area (Å²) in [4.78, 5) is 4.10. The van der Waals surface area contributed by atoms with Crippen LogP contribution in [0.3, 0.4) is 0 Å². The highest BCUT2D eigenvalue weighted by atomic mass is 16.3. The fraction of sp³-hybridized carbons (Fsp3) is 0.182. The fourth-order valence-electron chi connectivity index (χ4n) is 1.48. The third kappa shape index (κ3) is 1.61. The maximum atomic E-state index is 4.94. The van der Waals surface area contributed by atoms with E-state index in [4.69, 9.17) is 4.42 Å². The Kier molecular flexibility index (Phi) is 1.89. The first-order valence-electron chi connectivity index (χ1n) is 4.22. The van der Waals surface area contributed by atoms with Gasteiger partial charge >= 0.3 is 0 Å². The smallest absolute Gasteiger partial charge is 0.181 e. The molecule has 0 fully saturated rings. The minimum atomic E-state index is 0.895. The largest absolute Gasteiger partial charge is 0.451 e. The zero-order valence-electron chi connectivity index (χ0n) is 7.74. The molecule has 0 atom stereocenters. The lowest BCUT2D eigenvalue weighted by atomic mass is 10.1. The van der Waals surface area contributed by atoms with Gasteiger partial charge in [-0.1, -0.05) is 17.2 Å². The number of hydrogen-bond acceptors (Lipinski definition) is 2. The normalized spacial score (nSPS) is 10.3. The molecule has 0 saturated carbocycles. The van der Waals surface area contributed by atoms with Gasteiger partial charge in [-0.25, -0.2) is 4.98 Å². The molecule has 1 heterocycles. The summed E-state index contributed by atoms with van der Waals surface area (Å²) in [6, 6.07) is 6.35. The van der Waals surface area contributed by atoms with E-state index in [1.54, 1.807) is 6.26 Å². The topological polar surface area (TPSA) is 26.0 Å². The van der Waals surface area contributed by atoms with E-state index in [2.05, 4.69) is 37.0 Å². The van der Waals surface area contributed by atoms with Crippen molar-refractivity contribution in [3.8, 4) is 11.3 Å². The standard InChI is InChI=1S/C11H11NO/c1-8-3-9(2)5-10(4-8)11-6-13-7-12-11/h3-7H,1-2H3. The van der Waals surface area contributed by atoms with Crippen molar-refractivity contribution in [2.45, 2.75) is 13.8 Å². The lowest BCUT2D eigenvalue weighted by Gasteiger charge is -2.00. The van der Waals surface area contributed by atoms with Gasteiger partial charge in [0.25, 0.3) is 0 Å². The van der Waals surface area contributed by atoms with Crippen molar-refractivity contribution in [3.63, 3.8) is 0 Å². The Morgan fingerprint density at radius 3 is 2.31 bits per heavy atom. The molecule has 0 unspecified atom stereocenters. The summed E-state index contributed by atoms with van der Waals surface area (Å²) in [5.74, 6) is 0. The Morgan fingerprint density at radius 2 is 1.77 bits per heavy atom. The van der Waals surface area contributed by atoms with Gasteiger partial charge in [-0.2, -0.15) is 0 Å². The summed E-state index contributed by atoms with van der Waals surface area (Å²) in [7, 11) is 0. The highest BCUT2D eigenvalue weighted by molar-refractivity contribution is 5.59. The zero-order valence-corrected chi connectivity index (χ0v) is 7.74. The molecule has 0 aliphatic rings. The Bertz CT molecular complexity index is 384. The van der Waals surface area contributed by atoms with Crippen LogP contribution < -0.4 is 0 Å². The van der Waals surface area contributed by atoms with Crippen LogP contribution in [-0.2, 0) is 0 Å². The summed E-state index contributed by atoms with van der Waals surface area (Å²) in [6.45, 7) is 4.16. The van der Waals surface area contributed by atoms with Crippen molar-refractivity contribution in [1.82, 2.24) is 4.98 Å². The Morgan fingerprint density at radius 1 is 1.08 bits per heavy atom. The van der Waals surface area contributed by atoms with E-state index in [9.17, 15) is 0 Å². The van der Waals surface area contributed by atoms with Crippen molar-refractivity contribution < 1.29 is 4.42 Å². The quantitative estimate of drug-likeness (QED) is 0.662. The molecule has 2 rings (SSSR count). The molecule has 1 aromatic carbocycles. The van der Waals surface area contributed by atoms with E-state index in [1.165, 1.54) is 17.5 Å². The highest BCUT2D eigenvalue weighted by Gasteiger charge is 2.01. The van der Waals surface area contributed by atoms with Crippen molar-refractivity contribution in [2.75, 3.05) is 0 Å². The Labute approximate surface area is 77.2 Å². The van der Waals surface area contributed by atoms with E-state index in [0.717, 1.165) is 11.3 Å². The molecule has 1 aromatic heterocycles. The van der Waals surface area contributed by atoms with E-state index in [-0.39, 0.29) is 0 Å². The molecule has 0 bridgehead atoms. The first-order chi connectivity index (χ1) is 6.25. The number of nitrogens with zero attached hydrogens (tertiary/aromatic N) is 1. The molecule has 0 N–H and O–H groups in total. The third-order valence-corrected chi connectivity index (χ3v) is 1.95. The summed E-state index contributed by atoms with van der Waals surface area (Å²) in [5.41, 5.74) is 4.51. The van der Waals surface area contributed by atoms with Crippen LogP contribution in [0.2, 0.25) is 0 Å². The molecule has 2 aromatic rings.